The van der Waals surface area contributed by atoms with Crippen molar-refractivity contribution in [2.75, 3.05) is 5.33 Å². The van der Waals surface area contributed by atoms with Crippen LogP contribution in [0.3, 0.4) is 0 Å². The van der Waals surface area contributed by atoms with Crippen LogP contribution in [0.2, 0.25) is 0 Å². The Labute approximate surface area is 149 Å². The van der Waals surface area contributed by atoms with Crippen LogP contribution in [0, 0.1) is 0 Å². The van der Waals surface area contributed by atoms with Crippen LogP contribution in [0.5, 0.6) is 0 Å². The van der Waals surface area contributed by atoms with Gasteiger partial charge in [0, 0.05) is 23.9 Å². The lowest BCUT2D eigenvalue weighted by molar-refractivity contribution is -0.142. The first kappa shape index (κ1) is 18.4. The van der Waals surface area contributed by atoms with E-state index in [4.69, 9.17) is 5.73 Å². The Morgan fingerprint density at radius 2 is 2.04 bits per heavy atom. The van der Waals surface area contributed by atoms with Crippen molar-refractivity contribution in [1.82, 2.24) is 0 Å². The lowest BCUT2D eigenvalue weighted by Gasteiger charge is -2.33. The third-order valence-corrected chi connectivity index (χ3v) is 4.90. The maximum absolute atomic E-state index is 12.2. The molecule has 4 N–H and O–H groups in total. The Morgan fingerprint density at radius 1 is 1.33 bits per heavy atom. The van der Waals surface area contributed by atoms with Gasteiger partial charge in [-0.1, -0.05) is 46.3 Å². The number of halogens is 1. The van der Waals surface area contributed by atoms with Gasteiger partial charge in [-0.05, 0) is 35.6 Å². The first-order valence-electron chi connectivity index (χ1n) is 7.60. The molecule has 0 aliphatic heterocycles. The van der Waals surface area contributed by atoms with E-state index in [2.05, 4.69) is 15.9 Å². The number of benzene rings is 1. The maximum atomic E-state index is 12.2. The molecule has 5 nitrogen and oxygen atoms in total. The molecule has 0 spiro atoms. The van der Waals surface area contributed by atoms with Crippen LogP contribution in [0.25, 0.3) is 0 Å². The highest BCUT2D eigenvalue weighted by Gasteiger charge is 2.43. The molecular weight excluding hydrogens is 374 g/mol. The van der Waals surface area contributed by atoms with Gasteiger partial charge in [0.25, 0.3) is 0 Å². The molecule has 24 heavy (non-hydrogen) atoms. The summed E-state index contributed by atoms with van der Waals surface area (Å²) in [5.74, 6) is -2.14. The zero-order valence-corrected chi connectivity index (χ0v) is 15.0. The molecule has 0 radical (unpaired) electrons. The van der Waals surface area contributed by atoms with Crippen molar-refractivity contribution in [3.63, 3.8) is 0 Å². The molecule has 1 atom stereocenters. The van der Waals surface area contributed by atoms with E-state index in [-0.39, 0.29) is 12.0 Å². The van der Waals surface area contributed by atoms with Crippen LogP contribution in [-0.4, -0.2) is 27.5 Å². The second kappa shape index (κ2) is 7.32. The van der Waals surface area contributed by atoms with Crippen LogP contribution in [-0.2, 0) is 28.0 Å². The molecule has 1 aromatic carbocycles. The molecule has 1 aromatic rings. The summed E-state index contributed by atoms with van der Waals surface area (Å²) in [6, 6.07) is 5.41. The molecule has 2 rings (SSSR count). The second-order valence-electron chi connectivity index (χ2n) is 5.84. The second-order valence-corrected chi connectivity index (χ2v) is 6.63. The number of allylic oxidation sites excluding steroid dienone is 2. The Bertz CT molecular complexity index is 739. The molecule has 128 valence electrons. The third kappa shape index (κ3) is 3.16. The molecular formula is C18H20BrNO4. The summed E-state index contributed by atoms with van der Waals surface area (Å²) in [6.07, 6.45) is 3.73. The van der Waals surface area contributed by atoms with Crippen molar-refractivity contribution in [3.05, 3.63) is 58.2 Å². The van der Waals surface area contributed by atoms with Crippen molar-refractivity contribution in [2.45, 2.75) is 31.7 Å². The van der Waals surface area contributed by atoms with Crippen LogP contribution < -0.4 is 5.73 Å². The van der Waals surface area contributed by atoms with Crippen molar-refractivity contribution in [2.24, 2.45) is 5.73 Å². The summed E-state index contributed by atoms with van der Waals surface area (Å²) < 4.78 is 0. The fraction of sp³-hybridized carbons (Fsp3) is 0.333. The summed E-state index contributed by atoms with van der Waals surface area (Å²) in [5, 5.41) is 20.1. The van der Waals surface area contributed by atoms with E-state index in [1.807, 2.05) is 6.07 Å². The number of hydrogen-bond donors (Lipinski definition) is 3. The zero-order valence-electron chi connectivity index (χ0n) is 13.4. The maximum Gasteiger partial charge on any atom is 0.331 e. The average molecular weight is 394 g/mol. The zero-order chi connectivity index (χ0) is 17.9. The molecule has 0 aromatic heterocycles. The van der Waals surface area contributed by atoms with Gasteiger partial charge in [-0.25, -0.2) is 4.79 Å². The Hall–Kier alpha value is -1.92. The molecule has 0 amide bonds. The van der Waals surface area contributed by atoms with E-state index in [0.29, 0.717) is 29.4 Å². The first-order valence-corrected chi connectivity index (χ1v) is 8.72. The highest BCUT2D eigenvalue weighted by atomic mass is 79.9. The highest BCUT2D eigenvalue weighted by Crippen LogP contribution is 2.40. The largest absolute Gasteiger partial charge is 0.480 e. The van der Waals surface area contributed by atoms with Gasteiger partial charge in [0.05, 0.1) is 0 Å². The molecule has 0 heterocycles. The topological polar surface area (TPSA) is 101 Å². The average Bonchev–Trinajstić information content (AvgIpc) is 2.55. The predicted octanol–water partition coefficient (Wildman–Crippen LogP) is 2.77. The summed E-state index contributed by atoms with van der Waals surface area (Å²) in [4.78, 5) is 23.7. The molecule has 6 heteroatoms. The van der Waals surface area contributed by atoms with E-state index >= 15 is 0 Å². The summed E-state index contributed by atoms with van der Waals surface area (Å²) in [6.45, 7) is 1.98. The van der Waals surface area contributed by atoms with Gasteiger partial charge in [-0.3, -0.25) is 4.79 Å². The molecule has 1 aliphatic rings. The predicted molar refractivity (Wildman–Crippen MR) is 95.2 cm³/mol. The lowest BCUT2D eigenvalue weighted by atomic mass is 9.69. The van der Waals surface area contributed by atoms with Gasteiger partial charge in [0.2, 0.25) is 0 Å². The SMILES string of the molecule is CC1=C(C(=O)O)CC(C(=O)O)(c2cccc(CN)c2CCBr)C=C1. The van der Waals surface area contributed by atoms with Crippen LogP contribution in [0.1, 0.15) is 30.0 Å². The van der Waals surface area contributed by atoms with Crippen LogP contribution in [0.15, 0.2) is 41.5 Å². The van der Waals surface area contributed by atoms with E-state index in [9.17, 15) is 19.8 Å². The monoisotopic (exact) mass is 393 g/mol. The summed E-state index contributed by atoms with van der Waals surface area (Å²) >= 11 is 3.40. The molecule has 1 aliphatic carbocycles. The molecule has 0 saturated heterocycles. The Kier molecular flexibility index (Phi) is 5.62. The molecule has 0 saturated carbocycles. The van der Waals surface area contributed by atoms with Crippen LogP contribution in [0.4, 0.5) is 0 Å². The highest BCUT2D eigenvalue weighted by molar-refractivity contribution is 9.09. The number of rotatable bonds is 6. The lowest BCUT2D eigenvalue weighted by Crippen LogP contribution is -2.38. The standard InChI is InChI=1S/C18H20BrNO4/c1-11-5-7-18(17(23)24,9-14(11)16(21)22)15-4-2-3-12(10-20)13(15)6-8-19/h2-5,7H,6,8-10,20H2,1H3,(H,21,22)(H,23,24). The minimum Gasteiger partial charge on any atom is -0.480 e. The van der Waals surface area contributed by atoms with Crippen LogP contribution >= 0.6 is 15.9 Å². The van der Waals surface area contributed by atoms with Gasteiger partial charge in [0.15, 0.2) is 0 Å². The smallest absolute Gasteiger partial charge is 0.331 e. The molecule has 0 fully saturated rings. The van der Waals surface area contributed by atoms with Gasteiger partial charge < -0.3 is 15.9 Å². The van der Waals surface area contributed by atoms with Crippen molar-refractivity contribution in [3.8, 4) is 0 Å². The molecule has 0 bridgehead atoms. The number of carboxylic acid groups (broad SMARTS) is 2. The van der Waals surface area contributed by atoms with Gasteiger partial charge in [-0.15, -0.1) is 0 Å². The number of carbonyl (C=O) groups is 2. The number of nitrogens with two attached hydrogens (primary N) is 1. The normalized spacial score (nSPS) is 20.3. The summed E-state index contributed by atoms with van der Waals surface area (Å²) in [5.41, 5.74) is 7.49. The first-order chi connectivity index (χ1) is 11.4. The van der Waals surface area contributed by atoms with Gasteiger partial charge >= 0.3 is 11.9 Å². The summed E-state index contributed by atoms with van der Waals surface area (Å²) in [7, 11) is 0. The van der Waals surface area contributed by atoms with E-state index in [1.165, 1.54) is 0 Å². The minimum absolute atomic E-state index is 0.0800. The third-order valence-electron chi connectivity index (χ3n) is 4.51. The van der Waals surface area contributed by atoms with Crippen molar-refractivity contribution >= 4 is 27.9 Å². The van der Waals surface area contributed by atoms with E-state index in [0.717, 1.165) is 11.1 Å². The number of aliphatic carboxylic acids is 2. The van der Waals surface area contributed by atoms with Gasteiger partial charge in [-0.2, -0.15) is 0 Å². The number of carboxylic acids is 2. The molecule has 1 unspecified atom stereocenters. The Balaban J connectivity index is 2.69. The van der Waals surface area contributed by atoms with E-state index < -0.39 is 17.4 Å². The Morgan fingerprint density at radius 3 is 2.58 bits per heavy atom. The fourth-order valence-corrected chi connectivity index (χ4v) is 3.57. The van der Waals surface area contributed by atoms with Crippen molar-refractivity contribution < 1.29 is 19.8 Å². The minimum atomic E-state index is -1.39. The van der Waals surface area contributed by atoms with Crippen molar-refractivity contribution in [1.29, 1.82) is 0 Å². The fourth-order valence-electron chi connectivity index (χ4n) is 3.17. The van der Waals surface area contributed by atoms with E-state index in [1.54, 1.807) is 31.2 Å². The van der Waals surface area contributed by atoms with Gasteiger partial charge in [0.1, 0.15) is 5.41 Å². The number of hydrogen-bond acceptors (Lipinski definition) is 3. The quantitative estimate of drug-likeness (QED) is 0.645. The number of alkyl halides is 1.